The molecule has 3 rings (SSSR count). The monoisotopic (exact) mass is 382 g/mol. The van der Waals surface area contributed by atoms with E-state index >= 15 is 0 Å². The number of rotatable bonds is 11. The van der Waals surface area contributed by atoms with Gasteiger partial charge in [0, 0.05) is 43.0 Å². The van der Waals surface area contributed by atoms with Gasteiger partial charge in [-0.1, -0.05) is 0 Å². The van der Waals surface area contributed by atoms with Crippen LogP contribution in [0.3, 0.4) is 0 Å². The van der Waals surface area contributed by atoms with Gasteiger partial charge in [0.15, 0.2) is 0 Å². The third kappa shape index (κ3) is 5.77. The number of nitrogens with one attached hydrogen (secondary N) is 2. The highest BCUT2D eigenvalue weighted by Gasteiger charge is 2.11. The minimum Gasteiger partial charge on any atom is -0.490 e. The molecule has 0 fully saturated rings. The van der Waals surface area contributed by atoms with Gasteiger partial charge in [-0.2, -0.15) is 15.3 Å². The van der Waals surface area contributed by atoms with Crippen LogP contribution in [-0.4, -0.2) is 65.7 Å². The Hall–Kier alpha value is -2.97. The fraction of sp³-hybridized carbons (Fsp3) is 0.350. The third-order valence-corrected chi connectivity index (χ3v) is 4.21. The van der Waals surface area contributed by atoms with Gasteiger partial charge in [-0.15, -0.1) is 0 Å². The zero-order chi connectivity index (χ0) is 19.6. The fourth-order valence-electron chi connectivity index (χ4n) is 2.75. The van der Waals surface area contributed by atoms with E-state index in [0.717, 1.165) is 36.6 Å². The largest absolute Gasteiger partial charge is 0.490 e. The number of hydrogen-bond acceptors (Lipinski definition) is 7. The maximum Gasteiger partial charge on any atom is 0.141 e. The summed E-state index contributed by atoms with van der Waals surface area (Å²) < 4.78 is 11.3. The molecule has 0 atom stereocenters. The number of H-pyrrole nitrogens is 1. The number of benzene rings is 1. The first kappa shape index (κ1) is 19.8. The molecule has 0 aliphatic carbocycles. The summed E-state index contributed by atoms with van der Waals surface area (Å²) in [5.74, 6) is 1.48. The highest BCUT2D eigenvalue weighted by molar-refractivity contribution is 5.63. The summed E-state index contributed by atoms with van der Waals surface area (Å²) in [6.45, 7) is 3.66. The van der Waals surface area contributed by atoms with Crippen LogP contribution in [0.15, 0.2) is 48.9 Å². The summed E-state index contributed by atoms with van der Waals surface area (Å²) in [5, 5.41) is 18.0. The van der Waals surface area contributed by atoms with Crippen LogP contribution in [0.25, 0.3) is 11.3 Å². The van der Waals surface area contributed by atoms with E-state index in [4.69, 9.17) is 9.47 Å². The van der Waals surface area contributed by atoms with E-state index in [0.29, 0.717) is 19.0 Å². The SMILES string of the molecule is CNCCN(C)Cc1c[nH]nc1-c1ccc(OCCOc2ccnnc2)cc1. The van der Waals surface area contributed by atoms with Crippen LogP contribution in [0, 0.1) is 0 Å². The van der Waals surface area contributed by atoms with Crippen LogP contribution in [-0.2, 0) is 6.54 Å². The van der Waals surface area contributed by atoms with Gasteiger partial charge in [0.25, 0.3) is 0 Å². The number of likely N-dealkylation sites (N-methyl/N-ethyl adjacent to an activating group) is 2. The molecule has 8 nitrogen and oxygen atoms in total. The quantitative estimate of drug-likeness (QED) is 0.490. The Kier molecular flexibility index (Phi) is 7.34. The minimum absolute atomic E-state index is 0.440. The van der Waals surface area contributed by atoms with E-state index in [1.165, 1.54) is 5.56 Å². The van der Waals surface area contributed by atoms with E-state index in [1.807, 2.05) is 37.5 Å². The second-order valence-corrected chi connectivity index (χ2v) is 6.40. The lowest BCUT2D eigenvalue weighted by atomic mass is 10.1. The van der Waals surface area contributed by atoms with Crippen LogP contribution in [0.4, 0.5) is 0 Å². The highest BCUT2D eigenvalue weighted by Crippen LogP contribution is 2.24. The molecule has 0 aliphatic rings. The van der Waals surface area contributed by atoms with Crippen LogP contribution < -0.4 is 14.8 Å². The summed E-state index contributed by atoms with van der Waals surface area (Å²) in [4.78, 5) is 2.26. The zero-order valence-corrected chi connectivity index (χ0v) is 16.3. The average Bonchev–Trinajstić information content (AvgIpc) is 3.19. The lowest BCUT2D eigenvalue weighted by Gasteiger charge is -2.16. The molecule has 28 heavy (non-hydrogen) atoms. The predicted molar refractivity (Wildman–Crippen MR) is 107 cm³/mol. The van der Waals surface area contributed by atoms with E-state index in [2.05, 4.69) is 37.7 Å². The molecule has 0 spiro atoms. The van der Waals surface area contributed by atoms with Crippen LogP contribution in [0.5, 0.6) is 11.5 Å². The molecular formula is C20H26N6O2. The first-order chi connectivity index (χ1) is 13.8. The van der Waals surface area contributed by atoms with Gasteiger partial charge in [0.1, 0.15) is 24.7 Å². The number of hydrogen-bond donors (Lipinski definition) is 2. The number of ether oxygens (including phenoxy) is 2. The second-order valence-electron chi connectivity index (χ2n) is 6.40. The third-order valence-electron chi connectivity index (χ3n) is 4.21. The van der Waals surface area contributed by atoms with Crippen molar-refractivity contribution in [3.05, 3.63) is 54.5 Å². The van der Waals surface area contributed by atoms with Gasteiger partial charge in [-0.05, 0) is 38.4 Å². The first-order valence-corrected chi connectivity index (χ1v) is 9.25. The molecule has 0 bridgehead atoms. The number of aromatic nitrogens is 4. The summed E-state index contributed by atoms with van der Waals surface area (Å²) in [7, 11) is 4.07. The standard InChI is InChI=1S/C20H26N6O2/c1-21-9-10-26(2)15-17-13-24-25-20(17)16-3-5-18(6-4-16)27-11-12-28-19-7-8-22-23-14-19/h3-8,13-14,21H,9-12,15H2,1-2H3,(H,24,25). The average molecular weight is 382 g/mol. The molecular weight excluding hydrogens is 356 g/mol. The summed E-state index contributed by atoms with van der Waals surface area (Å²) in [6.07, 6.45) is 5.13. The first-order valence-electron chi connectivity index (χ1n) is 9.25. The molecule has 0 unspecified atom stereocenters. The van der Waals surface area contributed by atoms with E-state index in [9.17, 15) is 0 Å². The smallest absolute Gasteiger partial charge is 0.141 e. The van der Waals surface area contributed by atoms with Gasteiger partial charge in [0.2, 0.25) is 0 Å². The molecule has 3 aromatic rings. The highest BCUT2D eigenvalue weighted by atomic mass is 16.5. The molecule has 2 aromatic heterocycles. The van der Waals surface area contributed by atoms with Crippen molar-refractivity contribution in [2.24, 2.45) is 0 Å². The number of aromatic amines is 1. The Morgan fingerprint density at radius 3 is 2.54 bits per heavy atom. The van der Waals surface area contributed by atoms with Gasteiger partial charge in [-0.25, -0.2) is 0 Å². The topological polar surface area (TPSA) is 88.2 Å². The Balaban J connectivity index is 1.51. The Bertz CT molecular complexity index is 822. The lowest BCUT2D eigenvalue weighted by molar-refractivity contribution is 0.216. The van der Waals surface area contributed by atoms with Crippen LogP contribution >= 0.6 is 0 Å². The molecule has 0 aliphatic heterocycles. The Labute approximate surface area is 164 Å². The molecule has 148 valence electrons. The molecule has 2 N–H and O–H groups in total. The Morgan fingerprint density at radius 1 is 1.04 bits per heavy atom. The summed E-state index contributed by atoms with van der Waals surface area (Å²) in [6, 6.07) is 9.71. The van der Waals surface area contributed by atoms with Crippen molar-refractivity contribution >= 4 is 0 Å². The fourth-order valence-corrected chi connectivity index (χ4v) is 2.75. The van der Waals surface area contributed by atoms with Crippen molar-refractivity contribution in [1.82, 2.24) is 30.6 Å². The van der Waals surface area contributed by atoms with Gasteiger partial charge in [0.05, 0.1) is 18.1 Å². The zero-order valence-electron chi connectivity index (χ0n) is 16.3. The van der Waals surface area contributed by atoms with Crippen molar-refractivity contribution in [3.63, 3.8) is 0 Å². The van der Waals surface area contributed by atoms with Crippen molar-refractivity contribution < 1.29 is 9.47 Å². The number of nitrogens with zero attached hydrogens (tertiary/aromatic N) is 4. The van der Waals surface area contributed by atoms with Crippen LogP contribution in [0.2, 0.25) is 0 Å². The molecule has 0 radical (unpaired) electrons. The van der Waals surface area contributed by atoms with Crippen molar-refractivity contribution in [2.75, 3.05) is 40.4 Å². The maximum absolute atomic E-state index is 5.73. The molecule has 0 saturated carbocycles. The molecule has 8 heteroatoms. The van der Waals surface area contributed by atoms with Crippen LogP contribution in [0.1, 0.15) is 5.56 Å². The van der Waals surface area contributed by atoms with Gasteiger partial charge >= 0.3 is 0 Å². The Morgan fingerprint density at radius 2 is 1.82 bits per heavy atom. The molecule has 0 saturated heterocycles. The van der Waals surface area contributed by atoms with E-state index in [1.54, 1.807) is 18.5 Å². The maximum atomic E-state index is 5.73. The van der Waals surface area contributed by atoms with Crippen molar-refractivity contribution in [1.29, 1.82) is 0 Å². The van der Waals surface area contributed by atoms with Gasteiger partial charge < -0.3 is 19.7 Å². The van der Waals surface area contributed by atoms with Crippen molar-refractivity contribution in [2.45, 2.75) is 6.54 Å². The second kappa shape index (κ2) is 10.4. The summed E-state index contributed by atoms with van der Waals surface area (Å²) in [5.41, 5.74) is 3.20. The predicted octanol–water partition coefficient (Wildman–Crippen LogP) is 1.98. The molecule has 0 amide bonds. The lowest BCUT2D eigenvalue weighted by Crippen LogP contribution is -2.26. The minimum atomic E-state index is 0.440. The van der Waals surface area contributed by atoms with Gasteiger partial charge in [-0.3, -0.25) is 5.10 Å². The van der Waals surface area contributed by atoms with E-state index < -0.39 is 0 Å². The van der Waals surface area contributed by atoms with Crippen molar-refractivity contribution in [3.8, 4) is 22.8 Å². The molecule has 2 heterocycles. The molecule has 1 aromatic carbocycles. The summed E-state index contributed by atoms with van der Waals surface area (Å²) >= 11 is 0. The normalized spacial score (nSPS) is 11.0. The van der Waals surface area contributed by atoms with E-state index in [-0.39, 0.29) is 0 Å².